The van der Waals surface area contributed by atoms with Crippen molar-refractivity contribution in [3.63, 3.8) is 0 Å². The number of ether oxygens (including phenoxy) is 2. The van der Waals surface area contributed by atoms with Crippen LogP contribution in [0.2, 0.25) is 0 Å². The van der Waals surface area contributed by atoms with E-state index in [2.05, 4.69) is 0 Å². The minimum absolute atomic E-state index is 0.0603. The largest absolute Gasteiger partial charge is 0.474 e. The summed E-state index contributed by atoms with van der Waals surface area (Å²) >= 11 is 0. The molecular weight excluding hydrogens is 416 g/mol. The summed E-state index contributed by atoms with van der Waals surface area (Å²) in [6, 6.07) is 25.1. The Kier molecular flexibility index (Phi) is 6.22. The second kappa shape index (κ2) is 9.25. The average molecular weight is 440 g/mol. The van der Waals surface area contributed by atoms with Crippen LogP contribution in [0.25, 0.3) is 5.76 Å². The predicted octanol–water partition coefficient (Wildman–Crippen LogP) is 5.19. The fraction of sp³-hybridized carbons (Fsp3) is 0.179. The van der Waals surface area contributed by atoms with Gasteiger partial charge in [-0.1, -0.05) is 90.5 Å². The standard InChI is InChI=1S/C28H24O5/c1-19-13-15-20(16-14-19)24(29)18-28(27(31)32-2)17-23(25(30)21-9-5-3-6-10-21)26(33-28)22-11-7-4-8-12-22/h3-16H,17-18H2,1-2H3. The zero-order valence-corrected chi connectivity index (χ0v) is 18.5. The number of ketones is 2. The van der Waals surface area contributed by atoms with Gasteiger partial charge in [0.25, 0.3) is 0 Å². The van der Waals surface area contributed by atoms with Gasteiger partial charge in [-0.25, -0.2) is 4.79 Å². The molecule has 0 N–H and O–H groups in total. The maximum Gasteiger partial charge on any atom is 0.351 e. The quantitative estimate of drug-likeness (QED) is 0.373. The second-order valence-electron chi connectivity index (χ2n) is 8.10. The molecule has 1 heterocycles. The number of Topliss-reactive ketones (excluding diaryl/α,β-unsaturated/α-hetero) is 2. The number of benzene rings is 3. The Morgan fingerprint density at radius 2 is 1.45 bits per heavy atom. The third-order valence-electron chi connectivity index (χ3n) is 5.76. The van der Waals surface area contributed by atoms with Gasteiger partial charge in [0.15, 0.2) is 11.6 Å². The molecule has 0 bridgehead atoms. The van der Waals surface area contributed by atoms with Crippen molar-refractivity contribution in [3.8, 4) is 0 Å². The Balaban J connectivity index is 1.75. The van der Waals surface area contributed by atoms with Gasteiger partial charge in [0.2, 0.25) is 5.60 Å². The molecule has 3 aromatic rings. The van der Waals surface area contributed by atoms with Gasteiger partial charge in [0.1, 0.15) is 5.76 Å². The van der Waals surface area contributed by atoms with E-state index in [0.717, 1.165) is 5.56 Å². The number of carbonyl (C=O) groups excluding carboxylic acids is 3. The lowest BCUT2D eigenvalue weighted by Crippen LogP contribution is -2.42. The molecule has 5 nitrogen and oxygen atoms in total. The molecule has 0 aliphatic carbocycles. The van der Waals surface area contributed by atoms with E-state index < -0.39 is 11.6 Å². The lowest BCUT2D eigenvalue weighted by molar-refractivity contribution is -0.159. The molecule has 1 unspecified atom stereocenters. The van der Waals surface area contributed by atoms with Gasteiger partial charge in [-0.2, -0.15) is 0 Å². The molecule has 3 aromatic carbocycles. The highest BCUT2D eigenvalue weighted by Crippen LogP contribution is 2.43. The van der Waals surface area contributed by atoms with Gasteiger partial charge in [0.05, 0.1) is 13.5 Å². The van der Waals surface area contributed by atoms with E-state index in [4.69, 9.17) is 9.47 Å². The Morgan fingerprint density at radius 3 is 2.06 bits per heavy atom. The van der Waals surface area contributed by atoms with Crippen LogP contribution in [0.4, 0.5) is 0 Å². The number of aryl methyl sites for hydroxylation is 1. The van der Waals surface area contributed by atoms with Gasteiger partial charge >= 0.3 is 5.97 Å². The number of hydrogen-bond donors (Lipinski definition) is 0. The Morgan fingerprint density at radius 1 is 0.848 bits per heavy atom. The summed E-state index contributed by atoms with van der Waals surface area (Å²) in [7, 11) is 1.25. The molecule has 1 atom stereocenters. The van der Waals surface area contributed by atoms with Crippen molar-refractivity contribution in [2.75, 3.05) is 7.11 Å². The lowest BCUT2D eigenvalue weighted by Gasteiger charge is -2.26. The Labute approximate surface area is 192 Å². The smallest absolute Gasteiger partial charge is 0.351 e. The summed E-state index contributed by atoms with van der Waals surface area (Å²) in [5.41, 5.74) is 1.35. The molecule has 0 amide bonds. The Bertz CT molecular complexity index is 1210. The summed E-state index contributed by atoms with van der Waals surface area (Å²) in [5.74, 6) is -0.900. The summed E-state index contributed by atoms with van der Waals surface area (Å²) in [4.78, 5) is 39.6. The van der Waals surface area contributed by atoms with Crippen molar-refractivity contribution in [1.82, 2.24) is 0 Å². The highest BCUT2D eigenvalue weighted by atomic mass is 16.6. The highest BCUT2D eigenvalue weighted by molar-refractivity contribution is 6.14. The number of methoxy groups -OCH3 is 1. The third kappa shape index (κ3) is 4.48. The number of rotatable bonds is 7. The maximum absolute atomic E-state index is 13.4. The van der Waals surface area contributed by atoms with Crippen molar-refractivity contribution in [2.45, 2.75) is 25.4 Å². The van der Waals surface area contributed by atoms with Crippen LogP contribution in [-0.4, -0.2) is 30.2 Å². The minimum atomic E-state index is -1.62. The van der Waals surface area contributed by atoms with Crippen LogP contribution in [0.3, 0.4) is 0 Å². The molecule has 0 spiro atoms. The van der Waals surface area contributed by atoms with Gasteiger partial charge in [0, 0.05) is 28.7 Å². The van der Waals surface area contributed by atoms with E-state index in [1.165, 1.54) is 7.11 Å². The minimum Gasteiger partial charge on any atom is -0.474 e. The van der Waals surface area contributed by atoms with E-state index in [-0.39, 0.29) is 24.4 Å². The maximum atomic E-state index is 13.4. The first-order valence-corrected chi connectivity index (χ1v) is 10.7. The molecule has 4 rings (SSSR count). The van der Waals surface area contributed by atoms with Crippen molar-refractivity contribution in [1.29, 1.82) is 0 Å². The molecule has 0 saturated heterocycles. The zero-order chi connectivity index (χ0) is 23.4. The van der Waals surface area contributed by atoms with Crippen LogP contribution in [0.1, 0.15) is 44.7 Å². The molecule has 5 heteroatoms. The predicted molar refractivity (Wildman–Crippen MR) is 125 cm³/mol. The topological polar surface area (TPSA) is 69.7 Å². The normalized spacial score (nSPS) is 17.4. The number of hydrogen-bond acceptors (Lipinski definition) is 5. The summed E-state index contributed by atoms with van der Waals surface area (Å²) in [5, 5.41) is 0. The summed E-state index contributed by atoms with van der Waals surface area (Å²) < 4.78 is 11.3. The van der Waals surface area contributed by atoms with Crippen LogP contribution in [0.15, 0.2) is 90.5 Å². The van der Waals surface area contributed by atoms with Crippen LogP contribution < -0.4 is 0 Å². The van der Waals surface area contributed by atoms with Crippen molar-refractivity contribution < 1.29 is 23.9 Å². The molecule has 0 radical (unpaired) electrons. The molecular formula is C28H24O5. The van der Waals surface area contributed by atoms with Gasteiger partial charge in [-0.05, 0) is 6.92 Å². The van der Waals surface area contributed by atoms with Crippen molar-refractivity contribution in [3.05, 3.63) is 113 Å². The van der Waals surface area contributed by atoms with E-state index >= 15 is 0 Å². The van der Waals surface area contributed by atoms with Crippen LogP contribution in [0, 0.1) is 6.92 Å². The van der Waals surface area contributed by atoms with Crippen molar-refractivity contribution in [2.24, 2.45) is 0 Å². The summed E-state index contributed by atoms with van der Waals surface area (Å²) in [6.45, 7) is 1.93. The fourth-order valence-electron chi connectivity index (χ4n) is 4.00. The number of esters is 1. The fourth-order valence-corrected chi connectivity index (χ4v) is 4.00. The second-order valence-corrected chi connectivity index (χ2v) is 8.10. The molecule has 166 valence electrons. The first kappa shape index (κ1) is 22.2. The SMILES string of the molecule is COC(=O)C1(CC(=O)c2ccc(C)cc2)CC(C(=O)c2ccccc2)=C(c2ccccc2)O1. The highest BCUT2D eigenvalue weighted by Gasteiger charge is 2.51. The zero-order valence-electron chi connectivity index (χ0n) is 18.5. The molecule has 1 aliphatic heterocycles. The molecule has 0 fully saturated rings. The Hall–Kier alpha value is -3.99. The molecule has 33 heavy (non-hydrogen) atoms. The van der Waals surface area contributed by atoms with E-state index in [9.17, 15) is 14.4 Å². The van der Waals surface area contributed by atoms with Crippen LogP contribution in [0.5, 0.6) is 0 Å². The van der Waals surface area contributed by atoms with Crippen molar-refractivity contribution >= 4 is 23.3 Å². The average Bonchev–Trinajstić information content (AvgIpc) is 3.25. The number of carbonyl (C=O) groups is 3. The molecule has 0 aromatic heterocycles. The van der Waals surface area contributed by atoms with Gasteiger partial charge < -0.3 is 9.47 Å². The molecule has 0 saturated carbocycles. The first-order chi connectivity index (χ1) is 15.9. The van der Waals surface area contributed by atoms with Gasteiger partial charge in [-0.15, -0.1) is 0 Å². The monoisotopic (exact) mass is 440 g/mol. The van der Waals surface area contributed by atoms with Crippen LogP contribution >= 0.6 is 0 Å². The lowest BCUT2D eigenvalue weighted by atomic mass is 9.86. The van der Waals surface area contributed by atoms with E-state index in [1.54, 1.807) is 36.4 Å². The first-order valence-electron chi connectivity index (χ1n) is 10.7. The summed E-state index contributed by atoms with van der Waals surface area (Å²) in [6.07, 6.45) is -0.306. The molecule has 1 aliphatic rings. The van der Waals surface area contributed by atoms with E-state index in [0.29, 0.717) is 28.0 Å². The van der Waals surface area contributed by atoms with Crippen LogP contribution in [-0.2, 0) is 14.3 Å². The third-order valence-corrected chi connectivity index (χ3v) is 5.76. The van der Waals surface area contributed by atoms with Gasteiger partial charge in [-0.3, -0.25) is 9.59 Å². The van der Waals surface area contributed by atoms with E-state index in [1.807, 2.05) is 55.5 Å².